The van der Waals surface area contributed by atoms with Gasteiger partial charge < -0.3 is 19.6 Å². The lowest BCUT2D eigenvalue weighted by molar-refractivity contribution is -0.118. The Balaban J connectivity index is 1.39. The number of ether oxygens (including phenoxy) is 2. The highest BCUT2D eigenvalue weighted by Crippen LogP contribution is 2.35. The summed E-state index contributed by atoms with van der Waals surface area (Å²) in [6.07, 6.45) is -1.26. The van der Waals surface area contributed by atoms with E-state index in [1.165, 1.54) is 11.0 Å². The number of thioether (sulfide) groups is 1. The van der Waals surface area contributed by atoms with Gasteiger partial charge in [-0.25, -0.2) is 9.37 Å². The van der Waals surface area contributed by atoms with Crippen LogP contribution in [0.4, 0.5) is 13.2 Å². The van der Waals surface area contributed by atoms with Crippen molar-refractivity contribution in [1.82, 2.24) is 15.0 Å². The molecule has 2 aromatic carbocycles. The molecule has 2 atom stereocenters. The minimum absolute atomic E-state index is 0.0877. The SMILES string of the molecule is CSc1ccc(-c2ccc(-c3nc4nc(O[C@@H]5CO[C@H](CO)C5(F)F)[nH]c4cc3F)cc2)cc1. The number of aromatic nitrogens is 3. The molecule has 1 aliphatic rings. The van der Waals surface area contributed by atoms with E-state index in [2.05, 4.69) is 15.0 Å². The number of fused-ring (bicyclic) bond motifs is 1. The molecule has 1 fully saturated rings. The van der Waals surface area contributed by atoms with E-state index in [4.69, 9.17) is 14.6 Å². The van der Waals surface area contributed by atoms with Crippen molar-refractivity contribution in [3.05, 3.63) is 60.4 Å². The van der Waals surface area contributed by atoms with E-state index in [9.17, 15) is 13.2 Å². The number of H-pyrrole nitrogens is 1. The average molecular weight is 488 g/mol. The molecule has 176 valence electrons. The largest absolute Gasteiger partial charge is 0.452 e. The minimum Gasteiger partial charge on any atom is -0.452 e. The Hall–Kier alpha value is -3.08. The molecule has 0 amide bonds. The zero-order valence-corrected chi connectivity index (χ0v) is 18.8. The number of halogens is 3. The molecule has 1 saturated heterocycles. The third-order valence-electron chi connectivity index (χ3n) is 5.71. The summed E-state index contributed by atoms with van der Waals surface area (Å²) in [7, 11) is 0. The number of imidazole rings is 1. The first-order valence-corrected chi connectivity index (χ1v) is 11.7. The van der Waals surface area contributed by atoms with Crippen LogP contribution in [0.3, 0.4) is 0 Å². The molecule has 0 unspecified atom stereocenters. The predicted molar refractivity (Wildman–Crippen MR) is 123 cm³/mol. The van der Waals surface area contributed by atoms with Crippen molar-refractivity contribution in [2.45, 2.75) is 23.0 Å². The number of pyridine rings is 1. The van der Waals surface area contributed by atoms with Crippen molar-refractivity contribution in [3.63, 3.8) is 0 Å². The topological polar surface area (TPSA) is 80.3 Å². The average Bonchev–Trinajstić information content (AvgIpc) is 3.37. The van der Waals surface area contributed by atoms with Crippen molar-refractivity contribution in [2.75, 3.05) is 19.5 Å². The highest BCUT2D eigenvalue weighted by Gasteiger charge is 2.55. The monoisotopic (exact) mass is 487 g/mol. The van der Waals surface area contributed by atoms with Crippen LogP contribution in [0, 0.1) is 5.82 Å². The Labute approximate surface area is 197 Å². The summed E-state index contributed by atoms with van der Waals surface area (Å²) in [6.45, 7) is -1.24. The number of rotatable bonds is 6. The number of aliphatic hydroxyl groups is 1. The molecule has 0 spiro atoms. The molecule has 34 heavy (non-hydrogen) atoms. The molecule has 6 nitrogen and oxygen atoms in total. The van der Waals surface area contributed by atoms with Crippen molar-refractivity contribution >= 4 is 22.9 Å². The van der Waals surface area contributed by atoms with Crippen LogP contribution < -0.4 is 4.74 Å². The van der Waals surface area contributed by atoms with Gasteiger partial charge in [0.25, 0.3) is 6.01 Å². The fraction of sp³-hybridized carbons (Fsp3) is 0.250. The Bertz CT molecular complexity index is 1310. The summed E-state index contributed by atoms with van der Waals surface area (Å²) in [5, 5.41) is 9.04. The van der Waals surface area contributed by atoms with E-state index in [0.29, 0.717) is 5.56 Å². The molecule has 2 N–H and O–H groups in total. The zero-order chi connectivity index (χ0) is 23.9. The summed E-state index contributed by atoms with van der Waals surface area (Å²) < 4.78 is 53.4. The molecule has 0 radical (unpaired) electrons. The summed E-state index contributed by atoms with van der Waals surface area (Å²) in [4.78, 5) is 12.2. The maximum Gasteiger partial charge on any atom is 0.314 e. The highest BCUT2D eigenvalue weighted by atomic mass is 32.2. The van der Waals surface area contributed by atoms with Crippen LogP contribution in [0.2, 0.25) is 0 Å². The number of hydrogen-bond donors (Lipinski definition) is 2. The molecular weight excluding hydrogens is 467 g/mol. The van der Waals surface area contributed by atoms with Crippen LogP contribution in [-0.4, -0.2) is 57.7 Å². The molecule has 10 heteroatoms. The quantitative estimate of drug-likeness (QED) is 0.376. The number of aromatic amines is 1. The highest BCUT2D eigenvalue weighted by molar-refractivity contribution is 7.98. The van der Waals surface area contributed by atoms with E-state index in [1.807, 2.05) is 42.7 Å². The van der Waals surface area contributed by atoms with Gasteiger partial charge in [-0.05, 0) is 29.5 Å². The second-order valence-corrected chi connectivity index (χ2v) is 8.70. The lowest BCUT2D eigenvalue weighted by Crippen LogP contribution is -2.43. The van der Waals surface area contributed by atoms with Gasteiger partial charge in [0, 0.05) is 16.5 Å². The first-order valence-electron chi connectivity index (χ1n) is 10.5. The van der Waals surface area contributed by atoms with Crippen LogP contribution >= 0.6 is 11.8 Å². The Kier molecular flexibility index (Phi) is 5.97. The Morgan fingerprint density at radius 1 is 1.09 bits per heavy atom. The molecule has 1 aliphatic heterocycles. The van der Waals surface area contributed by atoms with Crippen LogP contribution in [0.15, 0.2) is 59.5 Å². The van der Waals surface area contributed by atoms with Gasteiger partial charge in [-0.3, -0.25) is 0 Å². The third-order valence-corrected chi connectivity index (χ3v) is 6.46. The van der Waals surface area contributed by atoms with Crippen molar-refractivity contribution < 1.29 is 27.8 Å². The maximum atomic E-state index is 14.8. The summed E-state index contributed by atoms with van der Waals surface area (Å²) in [6, 6.07) is 16.4. The standard InChI is InChI=1S/C24H20F3N3O3S/c1-34-16-8-6-14(7-9-16)13-2-4-15(5-3-13)21-17(25)10-18-22(29-21)30-23(28-18)33-20-12-32-19(11-31)24(20,26)27/h2-10,19-20,31H,11-12H2,1H3,(H,28,29,30)/t19-,20-/m1/s1. The minimum atomic E-state index is -3.39. The van der Waals surface area contributed by atoms with E-state index in [0.717, 1.165) is 11.1 Å². The molecule has 0 bridgehead atoms. The van der Waals surface area contributed by atoms with E-state index >= 15 is 0 Å². The molecule has 4 aromatic rings. The van der Waals surface area contributed by atoms with Gasteiger partial charge >= 0.3 is 5.92 Å². The van der Waals surface area contributed by atoms with Crippen LogP contribution in [-0.2, 0) is 4.74 Å². The number of alkyl halides is 2. The fourth-order valence-corrected chi connectivity index (χ4v) is 4.22. The Morgan fingerprint density at radius 2 is 1.74 bits per heavy atom. The van der Waals surface area contributed by atoms with E-state index < -0.39 is 37.2 Å². The molecular formula is C24H20F3N3O3S. The molecule has 0 saturated carbocycles. The van der Waals surface area contributed by atoms with Crippen LogP contribution in [0.25, 0.3) is 33.5 Å². The first-order chi connectivity index (χ1) is 16.4. The van der Waals surface area contributed by atoms with Gasteiger partial charge in [-0.15, -0.1) is 11.8 Å². The van der Waals surface area contributed by atoms with Crippen LogP contribution in [0.1, 0.15) is 0 Å². The molecule has 2 aromatic heterocycles. The normalized spacial score (nSPS) is 19.6. The number of hydrogen-bond acceptors (Lipinski definition) is 6. The van der Waals surface area contributed by atoms with Crippen LogP contribution in [0.5, 0.6) is 6.01 Å². The van der Waals surface area contributed by atoms with Gasteiger partial charge in [0.15, 0.2) is 17.6 Å². The molecule has 5 rings (SSSR count). The number of aliphatic hydroxyl groups excluding tert-OH is 1. The Morgan fingerprint density at radius 3 is 2.35 bits per heavy atom. The van der Waals surface area contributed by atoms with Gasteiger partial charge in [0.2, 0.25) is 0 Å². The van der Waals surface area contributed by atoms with Gasteiger partial charge in [-0.2, -0.15) is 13.8 Å². The molecule has 0 aliphatic carbocycles. The number of benzene rings is 2. The second kappa shape index (κ2) is 8.94. The summed E-state index contributed by atoms with van der Waals surface area (Å²) >= 11 is 1.67. The second-order valence-electron chi connectivity index (χ2n) is 7.82. The zero-order valence-electron chi connectivity index (χ0n) is 18.0. The van der Waals surface area contributed by atoms with Gasteiger partial charge in [0.1, 0.15) is 11.8 Å². The predicted octanol–water partition coefficient (Wildman–Crippen LogP) is 4.93. The van der Waals surface area contributed by atoms with Crippen molar-refractivity contribution in [1.29, 1.82) is 0 Å². The summed E-state index contributed by atoms with van der Waals surface area (Å²) in [5.41, 5.74) is 3.00. The fourth-order valence-electron chi connectivity index (χ4n) is 3.81. The van der Waals surface area contributed by atoms with Crippen molar-refractivity contribution in [2.24, 2.45) is 0 Å². The van der Waals surface area contributed by atoms with Gasteiger partial charge in [0.05, 0.1) is 18.7 Å². The molecule has 3 heterocycles. The first kappa shape index (κ1) is 22.7. The van der Waals surface area contributed by atoms with Gasteiger partial charge in [-0.1, -0.05) is 36.4 Å². The smallest absolute Gasteiger partial charge is 0.314 e. The third kappa shape index (κ3) is 4.13. The summed E-state index contributed by atoms with van der Waals surface area (Å²) in [5.74, 6) is -3.98. The lowest BCUT2D eigenvalue weighted by Gasteiger charge is -2.20. The van der Waals surface area contributed by atoms with E-state index in [1.54, 1.807) is 23.9 Å². The van der Waals surface area contributed by atoms with Crippen molar-refractivity contribution in [3.8, 4) is 28.4 Å². The maximum absolute atomic E-state index is 14.8. The number of nitrogens with one attached hydrogen (secondary N) is 1. The lowest BCUT2D eigenvalue weighted by atomic mass is 10.0. The van der Waals surface area contributed by atoms with E-state index in [-0.39, 0.29) is 22.9 Å². The number of nitrogens with zero attached hydrogens (tertiary/aromatic N) is 2.